The van der Waals surface area contributed by atoms with E-state index in [1.165, 1.54) is 6.07 Å². The summed E-state index contributed by atoms with van der Waals surface area (Å²) in [5.74, 6) is -1.14. The molecule has 2 aromatic rings. The minimum atomic E-state index is -0.694. The summed E-state index contributed by atoms with van der Waals surface area (Å²) in [5, 5.41) is 2.70. The van der Waals surface area contributed by atoms with Crippen molar-refractivity contribution in [2.75, 3.05) is 44.8 Å². The Hall–Kier alpha value is -2.91. The number of anilines is 1. The monoisotopic (exact) mass is 476 g/mol. The van der Waals surface area contributed by atoms with Crippen molar-refractivity contribution in [2.45, 2.75) is 0 Å². The molecule has 0 saturated carbocycles. The zero-order valence-corrected chi connectivity index (χ0v) is 17.7. The number of nitrogens with zero attached hydrogens (tertiary/aromatic N) is 1. The molecule has 1 fully saturated rings. The molecule has 1 saturated heterocycles. The van der Waals surface area contributed by atoms with Crippen molar-refractivity contribution < 1.29 is 28.6 Å². The van der Waals surface area contributed by atoms with E-state index < -0.39 is 5.97 Å². The minimum Gasteiger partial charge on any atom is -0.483 e. The number of benzene rings is 2. The number of esters is 1. The third-order valence-electron chi connectivity index (χ3n) is 4.28. The van der Waals surface area contributed by atoms with E-state index in [2.05, 4.69) is 21.2 Å². The molecule has 0 aromatic heterocycles. The Kier molecular flexibility index (Phi) is 7.81. The van der Waals surface area contributed by atoms with Gasteiger partial charge in [0.05, 0.1) is 13.2 Å². The lowest BCUT2D eigenvalue weighted by molar-refractivity contribution is -0.138. The van der Waals surface area contributed by atoms with Crippen LogP contribution in [0.25, 0.3) is 0 Å². The molecule has 3 rings (SSSR count). The van der Waals surface area contributed by atoms with Crippen molar-refractivity contribution >= 4 is 39.4 Å². The standard InChI is InChI=1S/C21H21BrN2O6/c22-15-5-7-16(8-6-15)23-19(25)13-29-18-4-2-1-3-17(18)21(27)30-14-20(26)24-9-11-28-12-10-24/h1-8H,9-14H2,(H,23,25). The Morgan fingerprint density at radius 1 is 1.00 bits per heavy atom. The first kappa shape index (κ1) is 21.8. The quantitative estimate of drug-likeness (QED) is 0.616. The average molecular weight is 477 g/mol. The van der Waals surface area contributed by atoms with Gasteiger partial charge in [-0.3, -0.25) is 9.59 Å². The number of ether oxygens (including phenoxy) is 3. The number of morpholine rings is 1. The fraction of sp³-hybridized carbons (Fsp3) is 0.286. The zero-order valence-electron chi connectivity index (χ0n) is 16.1. The van der Waals surface area contributed by atoms with E-state index in [1.807, 2.05) is 0 Å². The summed E-state index contributed by atoms with van der Waals surface area (Å²) in [5.41, 5.74) is 0.768. The van der Waals surface area contributed by atoms with Crippen LogP contribution >= 0.6 is 15.9 Å². The Morgan fingerprint density at radius 2 is 1.70 bits per heavy atom. The van der Waals surface area contributed by atoms with Crippen LogP contribution in [0.5, 0.6) is 5.75 Å². The number of hydrogen-bond acceptors (Lipinski definition) is 6. The van der Waals surface area contributed by atoms with E-state index >= 15 is 0 Å². The van der Waals surface area contributed by atoms with Crippen LogP contribution in [0.1, 0.15) is 10.4 Å². The Bertz CT molecular complexity index is 897. The Labute approximate surface area is 182 Å². The minimum absolute atomic E-state index is 0.142. The van der Waals surface area contributed by atoms with Crippen LogP contribution in [0.2, 0.25) is 0 Å². The van der Waals surface area contributed by atoms with E-state index in [1.54, 1.807) is 47.4 Å². The molecule has 158 valence electrons. The van der Waals surface area contributed by atoms with Gasteiger partial charge in [0.15, 0.2) is 13.2 Å². The van der Waals surface area contributed by atoms with E-state index in [9.17, 15) is 14.4 Å². The maximum atomic E-state index is 12.4. The van der Waals surface area contributed by atoms with Crippen molar-refractivity contribution in [3.8, 4) is 5.75 Å². The molecule has 0 bridgehead atoms. The van der Waals surface area contributed by atoms with Gasteiger partial charge in [0.2, 0.25) is 0 Å². The predicted molar refractivity (Wildman–Crippen MR) is 112 cm³/mol. The van der Waals surface area contributed by atoms with Crippen LogP contribution < -0.4 is 10.1 Å². The van der Waals surface area contributed by atoms with E-state index in [4.69, 9.17) is 14.2 Å². The van der Waals surface area contributed by atoms with Crippen LogP contribution in [0.15, 0.2) is 53.0 Å². The van der Waals surface area contributed by atoms with E-state index in [0.29, 0.717) is 32.0 Å². The van der Waals surface area contributed by atoms with Crippen LogP contribution in [-0.4, -0.2) is 62.2 Å². The third-order valence-corrected chi connectivity index (χ3v) is 4.81. The van der Waals surface area contributed by atoms with Crippen molar-refractivity contribution in [3.05, 3.63) is 58.6 Å². The molecule has 2 amide bonds. The second-order valence-electron chi connectivity index (χ2n) is 6.41. The number of rotatable bonds is 7. The number of hydrogen-bond donors (Lipinski definition) is 1. The largest absolute Gasteiger partial charge is 0.483 e. The summed E-state index contributed by atoms with van der Waals surface area (Å²) in [6.45, 7) is 1.24. The highest BCUT2D eigenvalue weighted by Gasteiger charge is 2.20. The van der Waals surface area contributed by atoms with Crippen molar-refractivity contribution in [1.82, 2.24) is 4.90 Å². The summed E-state index contributed by atoms with van der Waals surface area (Å²) in [4.78, 5) is 38.3. The van der Waals surface area contributed by atoms with E-state index in [0.717, 1.165) is 4.47 Å². The maximum Gasteiger partial charge on any atom is 0.342 e. The molecule has 0 aliphatic carbocycles. The molecule has 30 heavy (non-hydrogen) atoms. The number of amides is 2. The van der Waals surface area contributed by atoms with E-state index in [-0.39, 0.29) is 36.3 Å². The molecule has 1 aliphatic rings. The summed E-state index contributed by atoms with van der Waals surface area (Å²) >= 11 is 3.33. The van der Waals surface area contributed by atoms with Crippen LogP contribution in [-0.2, 0) is 19.1 Å². The first-order valence-corrected chi connectivity index (χ1v) is 10.1. The smallest absolute Gasteiger partial charge is 0.342 e. The summed E-state index contributed by atoms with van der Waals surface area (Å²) in [6, 6.07) is 13.5. The van der Waals surface area contributed by atoms with Gasteiger partial charge in [-0.25, -0.2) is 4.79 Å². The topological polar surface area (TPSA) is 94.2 Å². The third kappa shape index (κ3) is 6.30. The fourth-order valence-electron chi connectivity index (χ4n) is 2.74. The van der Waals surface area contributed by atoms with Crippen molar-refractivity contribution in [1.29, 1.82) is 0 Å². The SMILES string of the molecule is O=C(COc1ccccc1C(=O)OCC(=O)N1CCOCC1)Nc1ccc(Br)cc1. The van der Waals surface area contributed by atoms with Gasteiger partial charge in [-0.2, -0.15) is 0 Å². The molecular formula is C21H21BrN2O6. The molecular weight excluding hydrogens is 456 g/mol. The Balaban J connectivity index is 1.52. The van der Waals surface area contributed by atoms with Crippen LogP contribution in [0.4, 0.5) is 5.69 Å². The molecule has 0 atom stereocenters. The molecule has 1 heterocycles. The average Bonchev–Trinajstić information content (AvgIpc) is 2.78. The van der Waals surface area contributed by atoms with Crippen molar-refractivity contribution in [3.63, 3.8) is 0 Å². The number of carbonyl (C=O) groups excluding carboxylic acids is 3. The molecule has 2 aromatic carbocycles. The predicted octanol–water partition coefficient (Wildman–Crippen LogP) is 2.48. The van der Waals surface area contributed by atoms with Gasteiger partial charge in [-0.1, -0.05) is 28.1 Å². The summed E-state index contributed by atoms with van der Waals surface area (Å²) in [6.07, 6.45) is 0. The van der Waals surface area contributed by atoms with Gasteiger partial charge in [-0.05, 0) is 36.4 Å². The second kappa shape index (κ2) is 10.7. The van der Waals surface area contributed by atoms with Crippen LogP contribution in [0.3, 0.4) is 0 Å². The lowest BCUT2D eigenvalue weighted by Crippen LogP contribution is -2.42. The van der Waals surface area contributed by atoms with Crippen LogP contribution in [0, 0.1) is 0 Å². The number of nitrogens with one attached hydrogen (secondary N) is 1. The molecule has 8 nitrogen and oxygen atoms in total. The normalized spacial score (nSPS) is 13.4. The summed E-state index contributed by atoms with van der Waals surface area (Å²) in [7, 11) is 0. The van der Waals surface area contributed by atoms with Gasteiger partial charge in [0, 0.05) is 23.2 Å². The number of para-hydroxylation sites is 1. The summed E-state index contributed by atoms with van der Waals surface area (Å²) < 4.78 is 16.7. The maximum absolute atomic E-state index is 12.4. The lowest BCUT2D eigenvalue weighted by Gasteiger charge is -2.26. The number of carbonyl (C=O) groups is 3. The molecule has 0 spiro atoms. The van der Waals surface area contributed by atoms with Gasteiger partial charge >= 0.3 is 5.97 Å². The van der Waals surface area contributed by atoms with Gasteiger partial charge in [0.25, 0.3) is 11.8 Å². The fourth-order valence-corrected chi connectivity index (χ4v) is 3.01. The molecule has 1 aliphatic heterocycles. The van der Waals surface area contributed by atoms with Gasteiger partial charge in [0.1, 0.15) is 11.3 Å². The second-order valence-corrected chi connectivity index (χ2v) is 7.32. The Morgan fingerprint density at radius 3 is 2.43 bits per heavy atom. The molecule has 1 N–H and O–H groups in total. The zero-order chi connectivity index (χ0) is 21.3. The first-order valence-electron chi connectivity index (χ1n) is 9.33. The highest BCUT2D eigenvalue weighted by molar-refractivity contribution is 9.10. The molecule has 9 heteroatoms. The highest BCUT2D eigenvalue weighted by atomic mass is 79.9. The molecule has 0 unspecified atom stereocenters. The number of halogens is 1. The molecule has 0 radical (unpaired) electrons. The van der Waals surface area contributed by atoms with Gasteiger partial charge in [-0.15, -0.1) is 0 Å². The first-order chi connectivity index (χ1) is 14.5. The lowest BCUT2D eigenvalue weighted by atomic mass is 10.2. The highest BCUT2D eigenvalue weighted by Crippen LogP contribution is 2.19. The van der Waals surface area contributed by atoms with Crippen molar-refractivity contribution in [2.24, 2.45) is 0 Å². The van der Waals surface area contributed by atoms with Gasteiger partial charge < -0.3 is 24.4 Å².